The quantitative estimate of drug-likeness (QED) is 0.841. The first-order valence-corrected chi connectivity index (χ1v) is 8.67. The summed E-state index contributed by atoms with van der Waals surface area (Å²) < 4.78 is 18.9. The van der Waals surface area contributed by atoms with Gasteiger partial charge in [-0.25, -0.2) is 9.18 Å². The molecule has 2 aromatic carbocycles. The fourth-order valence-corrected chi connectivity index (χ4v) is 2.89. The number of aryl methyl sites for hydroxylation is 1. The van der Waals surface area contributed by atoms with Crippen molar-refractivity contribution in [1.29, 1.82) is 0 Å². The third-order valence-corrected chi connectivity index (χ3v) is 4.48. The highest BCUT2D eigenvalue weighted by molar-refractivity contribution is 6.05. The molecule has 2 N–H and O–H groups in total. The molecule has 28 heavy (non-hydrogen) atoms. The van der Waals surface area contributed by atoms with Crippen LogP contribution in [0.5, 0.6) is 0 Å². The van der Waals surface area contributed by atoms with Gasteiger partial charge in [0.15, 0.2) is 6.10 Å². The van der Waals surface area contributed by atoms with Crippen LogP contribution in [0, 0.1) is 12.7 Å². The van der Waals surface area contributed by atoms with Crippen molar-refractivity contribution in [3.8, 4) is 0 Å². The van der Waals surface area contributed by atoms with E-state index in [1.165, 1.54) is 29.2 Å². The van der Waals surface area contributed by atoms with Gasteiger partial charge in [-0.2, -0.15) is 0 Å². The minimum absolute atomic E-state index is 0.0566. The van der Waals surface area contributed by atoms with E-state index in [4.69, 9.17) is 9.84 Å². The van der Waals surface area contributed by atoms with Crippen LogP contribution in [-0.2, 0) is 9.53 Å². The van der Waals surface area contributed by atoms with E-state index in [1.54, 1.807) is 25.1 Å². The van der Waals surface area contributed by atoms with E-state index >= 15 is 0 Å². The van der Waals surface area contributed by atoms with E-state index in [-0.39, 0.29) is 31.2 Å². The van der Waals surface area contributed by atoms with Crippen molar-refractivity contribution in [2.75, 3.05) is 25.0 Å². The molecule has 1 heterocycles. The third kappa shape index (κ3) is 4.17. The van der Waals surface area contributed by atoms with Crippen LogP contribution in [0.3, 0.4) is 0 Å². The fourth-order valence-electron chi connectivity index (χ4n) is 2.89. The Bertz CT molecular complexity index is 931. The number of carbonyl (C=O) groups is 3. The Morgan fingerprint density at radius 3 is 2.68 bits per heavy atom. The fraction of sp³-hybridized carbons (Fsp3) is 0.250. The number of ether oxygens (including phenoxy) is 1. The molecule has 0 bridgehead atoms. The molecule has 1 atom stereocenters. The van der Waals surface area contributed by atoms with E-state index in [1.807, 2.05) is 0 Å². The Hall–Kier alpha value is -3.26. The molecule has 7 nitrogen and oxygen atoms in total. The predicted molar refractivity (Wildman–Crippen MR) is 98.8 cm³/mol. The van der Waals surface area contributed by atoms with Gasteiger partial charge in [-0.05, 0) is 36.8 Å². The molecule has 0 radical (unpaired) electrons. The Balaban J connectivity index is 1.79. The maximum atomic E-state index is 13.8. The zero-order valence-electron chi connectivity index (χ0n) is 15.1. The van der Waals surface area contributed by atoms with Crippen molar-refractivity contribution in [1.82, 2.24) is 4.90 Å². The first-order valence-electron chi connectivity index (χ1n) is 8.67. The van der Waals surface area contributed by atoms with E-state index in [0.717, 1.165) is 0 Å². The maximum absolute atomic E-state index is 13.8. The van der Waals surface area contributed by atoms with Crippen LogP contribution in [0.25, 0.3) is 0 Å². The summed E-state index contributed by atoms with van der Waals surface area (Å²) in [6, 6.07) is 10.4. The highest BCUT2D eigenvalue weighted by Gasteiger charge is 2.29. The van der Waals surface area contributed by atoms with Gasteiger partial charge in [0.2, 0.25) is 0 Å². The molecule has 0 saturated carbocycles. The van der Waals surface area contributed by atoms with E-state index in [2.05, 4.69) is 5.32 Å². The zero-order valence-corrected chi connectivity index (χ0v) is 15.1. The lowest BCUT2D eigenvalue weighted by Gasteiger charge is -2.31. The van der Waals surface area contributed by atoms with Crippen LogP contribution >= 0.6 is 0 Å². The van der Waals surface area contributed by atoms with Crippen molar-refractivity contribution in [2.24, 2.45) is 0 Å². The number of amides is 2. The van der Waals surface area contributed by atoms with Crippen molar-refractivity contribution in [3.63, 3.8) is 0 Å². The van der Waals surface area contributed by atoms with Crippen LogP contribution < -0.4 is 5.32 Å². The molecule has 2 amide bonds. The molecule has 1 saturated heterocycles. The van der Waals surface area contributed by atoms with E-state index < -0.39 is 23.8 Å². The number of halogens is 1. The van der Waals surface area contributed by atoms with Crippen molar-refractivity contribution in [2.45, 2.75) is 13.0 Å². The highest BCUT2D eigenvalue weighted by atomic mass is 19.1. The molecule has 1 unspecified atom stereocenters. The molecule has 1 aliphatic rings. The lowest BCUT2D eigenvalue weighted by molar-refractivity contribution is -0.154. The predicted octanol–water partition coefficient (Wildman–Crippen LogP) is 2.31. The Labute approximate surface area is 160 Å². The molecule has 0 aromatic heterocycles. The number of nitrogens with zero attached hydrogens (tertiary/aromatic N) is 1. The number of hydrogen-bond acceptors (Lipinski definition) is 4. The summed E-state index contributed by atoms with van der Waals surface area (Å²) in [4.78, 5) is 37.6. The highest BCUT2D eigenvalue weighted by Crippen LogP contribution is 2.21. The first-order chi connectivity index (χ1) is 13.4. The lowest BCUT2D eigenvalue weighted by Crippen LogP contribution is -2.48. The van der Waals surface area contributed by atoms with Gasteiger partial charge in [-0.3, -0.25) is 9.59 Å². The summed E-state index contributed by atoms with van der Waals surface area (Å²) in [7, 11) is 0. The molecule has 8 heteroatoms. The van der Waals surface area contributed by atoms with E-state index in [9.17, 15) is 18.8 Å². The van der Waals surface area contributed by atoms with Gasteiger partial charge < -0.3 is 20.1 Å². The average Bonchev–Trinajstić information content (AvgIpc) is 2.69. The maximum Gasteiger partial charge on any atom is 0.334 e. The summed E-state index contributed by atoms with van der Waals surface area (Å²) in [5.41, 5.74) is 1.27. The number of carbonyl (C=O) groups excluding carboxylic acids is 2. The van der Waals surface area contributed by atoms with Crippen LogP contribution in [0.1, 0.15) is 26.3 Å². The summed E-state index contributed by atoms with van der Waals surface area (Å²) in [6.45, 7) is 2.10. The van der Waals surface area contributed by atoms with Crippen molar-refractivity contribution >= 4 is 23.5 Å². The SMILES string of the molecule is Cc1ccc(C(=O)N2CCOC(C(=O)O)C2)cc1NC(=O)c1ccccc1F. The molecule has 0 spiro atoms. The van der Waals surface area contributed by atoms with Crippen LogP contribution in [-0.4, -0.2) is 53.6 Å². The smallest absolute Gasteiger partial charge is 0.334 e. The number of aliphatic carboxylic acids is 1. The Morgan fingerprint density at radius 2 is 1.96 bits per heavy atom. The van der Waals surface area contributed by atoms with Crippen LogP contribution in [0.2, 0.25) is 0 Å². The second-order valence-corrected chi connectivity index (χ2v) is 6.41. The minimum atomic E-state index is -1.13. The normalized spacial score (nSPS) is 16.5. The monoisotopic (exact) mass is 386 g/mol. The van der Waals surface area contributed by atoms with Gasteiger partial charge in [0.1, 0.15) is 5.82 Å². The molecule has 0 aliphatic carbocycles. The molecule has 1 fully saturated rings. The second-order valence-electron chi connectivity index (χ2n) is 6.41. The first kappa shape index (κ1) is 19.5. The minimum Gasteiger partial charge on any atom is -0.479 e. The Morgan fingerprint density at radius 1 is 1.21 bits per heavy atom. The summed E-state index contributed by atoms with van der Waals surface area (Å²) in [6.07, 6.45) is -1.07. The largest absolute Gasteiger partial charge is 0.479 e. The van der Waals surface area contributed by atoms with Gasteiger partial charge >= 0.3 is 5.97 Å². The van der Waals surface area contributed by atoms with Gasteiger partial charge in [-0.15, -0.1) is 0 Å². The molecule has 146 valence electrons. The van der Waals surface area contributed by atoms with Crippen LogP contribution in [0.15, 0.2) is 42.5 Å². The van der Waals surface area contributed by atoms with Crippen LogP contribution in [0.4, 0.5) is 10.1 Å². The molecular formula is C20H19FN2O5. The molecule has 2 aromatic rings. The number of hydrogen-bond donors (Lipinski definition) is 2. The van der Waals surface area contributed by atoms with Gasteiger partial charge in [0, 0.05) is 17.8 Å². The number of carboxylic acid groups (broad SMARTS) is 1. The number of benzene rings is 2. The van der Waals surface area contributed by atoms with Gasteiger partial charge in [0.25, 0.3) is 11.8 Å². The standard InChI is InChI=1S/C20H19FN2O5/c1-12-6-7-13(19(25)23-8-9-28-17(11-23)20(26)27)10-16(12)22-18(24)14-4-2-3-5-15(14)21/h2-7,10,17H,8-9,11H2,1H3,(H,22,24)(H,26,27). The summed E-state index contributed by atoms with van der Waals surface area (Å²) in [5.74, 6) is -2.75. The second kappa shape index (κ2) is 8.18. The number of morpholine rings is 1. The van der Waals surface area contributed by atoms with Gasteiger partial charge in [-0.1, -0.05) is 18.2 Å². The topological polar surface area (TPSA) is 95.9 Å². The van der Waals surface area contributed by atoms with Gasteiger partial charge in [0.05, 0.1) is 18.7 Å². The average molecular weight is 386 g/mol. The summed E-state index contributed by atoms with van der Waals surface area (Å²) >= 11 is 0. The zero-order chi connectivity index (χ0) is 20.3. The lowest BCUT2D eigenvalue weighted by atomic mass is 10.1. The molecule has 3 rings (SSSR count). The molecular weight excluding hydrogens is 367 g/mol. The number of nitrogens with one attached hydrogen (secondary N) is 1. The van der Waals surface area contributed by atoms with Crippen molar-refractivity contribution in [3.05, 3.63) is 65.0 Å². The Kier molecular flexibility index (Phi) is 5.70. The number of carboxylic acids is 1. The molecule has 1 aliphatic heterocycles. The number of anilines is 1. The number of rotatable bonds is 4. The van der Waals surface area contributed by atoms with Crippen molar-refractivity contribution < 1.29 is 28.6 Å². The van der Waals surface area contributed by atoms with E-state index in [0.29, 0.717) is 16.8 Å². The summed E-state index contributed by atoms with van der Waals surface area (Å²) in [5, 5.41) is 11.7. The third-order valence-electron chi connectivity index (χ3n) is 4.48.